The molecule has 19 heavy (non-hydrogen) atoms. The van der Waals surface area contributed by atoms with Crippen LogP contribution in [-0.2, 0) is 4.74 Å². The third-order valence-corrected chi connectivity index (χ3v) is 5.58. The van der Waals surface area contributed by atoms with Crippen LogP contribution in [0.15, 0.2) is 6.07 Å². The minimum absolute atomic E-state index is 0.0232. The van der Waals surface area contributed by atoms with E-state index in [2.05, 4.69) is 60.0 Å². The molecule has 0 aromatic carbocycles. The van der Waals surface area contributed by atoms with Crippen molar-refractivity contribution in [2.45, 2.75) is 65.2 Å². The Balaban J connectivity index is 2.32. The Hall–Kier alpha value is -0.380. The summed E-state index contributed by atoms with van der Waals surface area (Å²) < 4.78 is 6.25. The normalized spacial score (nSPS) is 26.6. The van der Waals surface area contributed by atoms with Gasteiger partial charge in [0.25, 0.3) is 0 Å². The Morgan fingerprint density at radius 2 is 1.95 bits per heavy atom. The molecule has 2 atom stereocenters. The van der Waals surface area contributed by atoms with Crippen molar-refractivity contribution in [3.63, 3.8) is 0 Å². The Bertz CT molecular complexity index is 442. The van der Waals surface area contributed by atoms with Gasteiger partial charge in [-0.2, -0.15) is 0 Å². The minimum atomic E-state index is -0.0804. The summed E-state index contributed by atoms with van der Waals surface area (Å²) in [6, 6.07) is 2.72. The monoisotopic (exact) mass is 281 g/mol. The van der Waals surface area contributed by atoms with Crippen LogP contribution in [0.4, 0.5) is 0 Å². The molecule has 0 bridgehead atoms. The molecule has 3 heteroatoms. The molecule has 2 heterocycles. The predicted molar refractivity (Wildman–Crippen MR) is 82.9 cm³/mol. The fraction of sp³-hybridized carbons (Fsp3) is 0.750. The molecule has 1 aromatic rings. The fourth-order valence-electron chi connectivity index (χ4n) is 3.42. The Morgan fingerprint density at radius 1 is 1.32 bits per heavy atom. The number of rotatable bonds is 3. The first-order valence-electron chi connectivity index (χ1n) is 7.11. The molecule has 2 unspecified atom stereocenters. The number of ether oxygens (including phenoxy) is 1. The summed E-state index contributed by atoms with van der Waals surface area (Å²) in [5.74, 6) is 0.505. The molecule has 1 aliphatic rings. The van der Waals surface area contributed by atoms with Gasteiger partial charge in [-0.15, -0.1) is 11.3 Å². The van der Waals surface area contributed by atoms with Crippen molar-refractivity contribution < 1.29 is 4.74 Å². The lowest BCUT2D eigenvalue weighted by Gasteiger charge is -2.32. The van der Waals surface area contributed by atoms with Gasteiger partial charge in [-0.05, 0) is 66.6 Å². The third-order valence-electron chi connectivity index (χ3n) is 4.35. The summed E-state index contributed by atoms with van der Waals surface area (Å²) in [4.78, 5) is 2.86. The second kappa shape index (κ2) is 4.87. The van der Waals surface area contributed by atoms with E-state index < -0.39 is 0 Å². The maximum Gasteiger partial charge on any atom is 0.0681 e. The molecule has 1 saturated heterocycles. The summed E-state index contributed by atoms with van der Waals surface area (Å²) in [6.07, 6.45) is 1.10. The lowest BCUT2D eigenvalue weighted by molar-refractivity contribution is -0.0775. The standard InChI is InChI=1S/C16H27NOS/c1-10-8-13(19-11(10)2)14(17-7)12-9-15(3,4)18-16(12,5)6/h8,12,14,17H,9H2,1-7H3. The van der Waals surface area contributed by atoms with E-state index in [0.29, 0.717) is 12.0 Å². The second-order valence-corrected chi connectivity index (χ2v) is 8.22. The van der Waals surface area contributed by atoms with Crippen LogP contribution in [0.1, 0.15) is 55.5 Å². The van der Waals surface area contributed by atoms with Gasteiger partial charge in [0.1, 0.15) is 0 Å². The van der Waals surface area contributed by atoms with Crippen LogP contribution in [0.2, 0.25) is 0 Å². The second-order valence-electron chi connectivity index (χ2n) is 6.93. The number of hydrogen-bond donors (Lipinski definition) is 1. The van der Waals surface area contributed by atoms with Crippen molar-refractivity contribution >= 4 is 11.3 Å². The minimum Gasteiger partial charge on any atom is -0.369 e. The summed E-state index contributed by atoms with van der Waals surface area (Å²) >= 11 is 1.92. The summed E-state index contributed by atoms with van der Waals surface area (Å²) in [5.41, 5.74) is 1.30. The number of nitrogens with one attached hydrogen (secondary N) is 1. The van der Waals surface area contributed by atoms with E-state index in [1.165, 1.54) is 15.3 Å². The Kier molecular flexibility index (Phi) is 3.85. The molecule has 1 aliphatic heterocycles. The highest BCUT2D eigenvalue weighted by Crippen LogP contribution is 2.48. The van der Waals surface area contributed by atoms with E-state index in [-0.39, 0.29) is 11.2 Å². The fourth-order valence-corrected chi connectivity index (χ4v) is 4.64. The maximum atomic E-state index is 6.25. The molecule has 1 N–H and O–H groups in total. The first-order valence-corrected chi connectivity index (χ1v) is 7.92. The molecular formula is C16H27NOS. The van der Waals surface area contributed by atoms with Crippen molar-refractivity contribution in [3.05, 3.63) is 21.4 Å². The highest BCUT2D eigenvalue weighted by Gasteiger charge is 2.49. The SMILES string of the molecule is CNC(c1cc(C)c(C)s1)C1CC(C)(C)OC1(C)C. The van der Waals surface area contributed by atoms with Gasteiger partial charge in [0.15, 0.2) is 0 Å². The average Bonchev–Trinajstić information content (AvgIpc) is 2.66. The number of thiophene rings is 1. The van der Waals surface area contributed by atoms with Crippen LogP contribution in [0.3, 0.4) is 0 Å². The molecule has 108 valence electrons. The van der Waals surface area contributed by atoms with E-state index in [1.54, 1.807) is 0 Å². The molecule has 2 rings (SSSR count). The van der Waals surface area contributed by atoms with Crippen molar-refractivity contribution in [2.24, 2.45) is 5.92 Å². The van der Waals surface area contributed by atoms with Crippen LogP contribution in [0, 0.1) is 19.8 Å². The lowest BCUT2D eigenvalue weighted by Crippen LogP contribution is -2.36. The van der Waals surface area contributed by atoms with Gasteiger partial charge < -0.3 is 10.1 Å². The quantitative estimate of drug-likeness (QED) is 0.895. The van der Waals surface area contributed by atoms with Crippen LogP contribution < -0.4 is 5.32 Å². The van der Waals surface area contributed by atoms with Crippen LogP contribution in [0.5, 0.6) is 0 Å². The molecule has 1 aromatic heterocycles. The first-order chi connectivity index (χ1) is 8.66. The molecule has 0 aliphatic carbocycles. The van der Waals surface area contributed by atoms with Gasteiger partial charge in [-0.1, -0.05) is 0 Å². The largest absolute Gasteiger partial charge is 0.369 e. The van der Waals surface area contributed by atoms with E-state index in [4.69, 9.17) is 4.74 Å². The van der Waals surface area contributed by atoms with Crippen LogP contribution in [-0.4, -0.2) is 18.2 Å². The highest BCUT2D eigenvalue weighted by atomic mass is 32.1. The van der Waals surface area contributed by atoms with E-state index in [1.807, 2.05) is 11.3 Å². The zero-order valence-corrected chi connectivity index (χ0v) is 14.1. The third kappa shape index (κ3) is 2.88. The molecule has 0 radical (unpaired) electrons. The summed E-state index contributed by atoms with van der Waals surface area (Å²) in [6.45, 7) is 13.3. The first kappa shape index (κ1) is 15.0. The molecular weight excluding hydrogens is 254 g/mol. The zero-order valence-electron chi connectivity index (χ0n) is 13.3. The smallest absolute Gasteiger partial charge is 0.0681 e. The molecule has 0 saturated carbocycles. The zero-order chi connectivity index (χ0) is 14.4. The Morgan fingerprint density at radius 3 is 2.32 bits per heavy atom. The van der Waals surface area contributed by atoms with Gasteiger partial charge in [0.2, 0.25) is 0 Å². The lowest BCUT2D eigenvalue weighted by atomic mass is 9.81. The highest BCUT2D eigenvalue weighted by molar-refractivity contribution is 7.12. The van der Waals surface area contributed by atoms with Gasteiger partial charge in [-0.25, -0.2) is 0 Å². The molecule has 0 amide bonds. The van der Waals surface area contributed by atoms with Crippen molar-refractivity contribution in [1.29, 1.82) is 0 Å². The van der Waals surface area contributed by atoms with E-state index in [9.17, 15) is 0 Å². The average molecular weight is 281 g/mol. The molecule has 1 fully saturated rings. The van der Waals surface area contributed by atoms with E-state index in [0.717, 1.165) is 6.42 Å². The topological polar surface area (TPSA) is 21.3 Å². The van der Waals surface area contributed by atoms with Gasteiger partial charge in [0.05, 0.1) is 11.2 Å². The van der Waals surface area contributed by atoms with Crippen molar-refractivity contribution in [3.8, 4) is 0 Å². The number of hydrogen-bond acceptors (Lipinski definition) is 3. The van der Waals surface area contributed by atoms with Crippen LogP contribution in [0.25, 0.3) is 0 Å². The summed E-state index contributed by atoms with van der Waals surface area (Å²) in [5, 5.41) is 3.52. The van der Waals surface area contributed by atoms with Crippen molar-refractivity contribution in [2.75, 3.05) is 7.05 Å². The van der Waals surface area contributed by atoms with E-state index >= 15 is 0 Å². The summed E-state index contributed by atoms with van der Waals surface area (Å²) in [7, 11) is 2.07. The molecule has 2 nitrogen and oxygen atoms in total. The maximum absolute atomic E-state index is 6.25. The molecule has 0 spiro atoms. The van der Waals surface area contributed by atoms with Crippen LogP contribution >= 0.6 is 11.3 Å². The predicted octanol–water partition coefficient (Wildman–Crippen LogP) is 4.22. The van der Waals surface area contributed by atoms with Crippen molar-refractivity contribution in [1.82, 2.24) is 5.32 Å². The van der Waals surface area contributed by atoms with Gasteiger partial charge in [-0.3, -0.25) is 0 Å². The Labute approximate surface area is 121 Å². The number of aryl methyl sites for hydroxylation is 2. The van der Waals surface area contributed by atoms with Gasteiger partial charge in [0, 0.05) is 21.7 Å². The van der Waals surface area contributed by atoms with Gasteiger partial charge >= 0.3 is 0 Å².